The van der Waals surface area contributed by atoms with Gasteiger partial charge in [-0.15, -0.1) is 11.3 Å². The summed E-state index contributed by atoms with van der Waals surface area (Å²) in [6.45, 7) is 0.218. The number of amides is 1. The summed E-state index contributed by atoms with van der Waals surface area (Å²) in [5.41, 5.74) is -1.32. The highest BCUT2D eigenvalue weighted by Crippen LogP contribution is 2.35. The Morgan fingerprint density at radius 1 is 1.17 bits per heavy atom. The Morgan fingerprint density at radius 2 is 1.93 bits per heavy atom. The van der Waals surface area contributed by atoms with E-state index >= 15 is 0 Å². The van der Waals surface area contributed by atoms with Crippen LogP contribution in [0.4, 0.5) is 13.2 Å². The van der Waals surface area contributed by atoms with Gasteiger partial charge in [0.2, 0.25) is 0 Å². The summed E-state index contributed by atoms with van der Waals surface area (Å²) in [7, 11) is 0. The van der Waals surface area contributed by atoms with Gasteiger partial charge < -0.3 is 5.32 Å². The van der Waals surface area contributed by atoms with Gasteiger partial charge >= 0.3 is 6.18 Å². The zero-order valence-corrected chi connectivity index (χ0v) is 16.1. The van der Waals surface area contributed by atoms with Crippen LogP contribution in [0.1, 0.15) is 20.9 Å². The molecule has 0 bridgehead atoms. The third kappa shape index (κ3) is 3.83. The van der Waals surface area contributed by atoms with Gasteiger partial charge in [0.1, 0.15) is 5.56 Å². The maximum atomic E-state index is 13.7. The molecule has 5 nitrogen and oxygen atoms in total. The highest BCUT2D eigenvalue weighted by atomic mass is 35.5. The molecule has 1 amide bonds. The Kier molecular flexibility index (Phi) is 5.01. The van der Waals surface area contributed by atoms with Crippen molar-refractivity contribution in [1.82, 2.24) is 19.9 Å². The molecule has 10 heteroatoms. The second kappa shape index (κ2) is 7.49. The third-order valence-electron chi connectivity index (χ3n) is 4.12. The lowest BCUT2D eigenvalue weighted by atomic mass is 10.1. The molecule has 0 radical (unpaired) electrons. The number of hydrogen-bond acceptors (Lipinski definition) is 4. The monoisotopic (exact) mass is 436 g/mol. The Bertz CT molecular complexity index is 1170. The van der Waals surface area contributed by atoms with E-state index in [1.807, 2.05) is 17.5 Å². The molecule has 0 atom stereocenters. The molecule has 0 saturated carbocycles. The van der Waals surface area contributed by atoms with Crippen LogP contribution >= 0.6 is 22.9 Å². The first kappa shape index (κ1) is 19.4. The topological polar surface area (TPSA) is 59.3 Å². The van der Waals surface area contributed by atoms with Crippen LogP contribution < -0.4 is 5.32 Å². The minimum absolute atomic E-state index is 0.0651. The van der Waals surface area contributed by atoms with E-state index in [0.717, 1.165) is 15.5 Å². The maximum Gasteiger partial charge on any atom is 0.420 e. The van der Waals surface area contributed by atoms with Crippen LogP contribution in [-0.2, 0) is 12.7 Å². The van der Waals surface area contributed by atoms with Crippen LogP contribution in [0, 0.1) is 0 Å². The van der Waals surface area contributed by atoms with Crippen LogP contribution in [0.3, 0.4) is 0 Å². The maximum absolute atomic E-state index is 13.7. The number of rotatable bonds is 4. The predicted molar refractivity (Wildman–Crippen MR) is 104 cm³/mol. The molecule has 0 saturated heterocycles. The number of halogens is 4. The van der Waals surface area contributed by atoms with Crippen molar-refractivity contribution < 1.29 is 18.0 Å². The standard InChI is InChI=1S/C19H12ClF3N4OS/c20-16-15(18(28)24-10-12-7-4-8-29-12)25-17-13(19(21,22)23)9-14(26-27(16)17)11-5-2-1-3-6-11/h1-9H,10H2,(H,24,28). The number of carbonyl (C=O) groups is 1. The molecule has 3 heterocycles. The van der Waals surface area contributed by atoms with Gasteiger partial charge in [0, 0.05) is 10.4 Å². The van der Waals surface area contributed by atoms with E-state index in [1.54, 1.807) is 30.3 Å². The molecule has 29 heavy (non-hydrogen) atoms. The van der Waals surface area contributed by atoms with Gasteiger partial charge in [-0.3, -0.25) is 4.79 Å². The third-order valence-corrected chi connectivity index (χ3v) is 5.34. The van der Waals surface area contributed by atoms with Gasteiger partial charge in [0.15, 0.2) is 16.5 Å². The second-order valence-electron chi connectivity index (χ2n) is 6.06. The van der Waals surface area contributed by atoms with Crippen LogP contribution in [0.25, 0.3) is 16.9 Å². The van der Waals surface area contributed by atoms with Gasteiger partial charge in [0.05, 0.1) is 12.2 Å². The van der Waals surface area contributed by atoms with E-state index in [9.17, 15) is 18.0 Å². The van der Waals surface area contributed by atoms with Crippen molar-refractivity contribution >= 4 is 34.5 Å². The number of nitrogens with one attached hydrogen (secondary N) is 1. The number of thiophene rings is 1. The second-order valence-corrected chi connectivity index (χ2v) is 7.45. The normalized spacial score (nSPS) is 11.7. The van der Waals surface area contributed by atoms with Crippen LogP contribution in [-0.4, -0.2) is 20.5 Å². The quantitative estimate of drug-likeness (QED) is 0.486. The lowest BCUT2D eigenvalue weighted by Crippen LogP contribution is -2.23. The Morgan fingerprint density at radius 3 is 2.59 bits per heavy atom. The first-order chi connectivity index (χ1) is 13.8. The van der Waals surface area contributed by atoms with Crippen molar-refractivity contribution in [3.8, 4) is 11.3 Å². The summed E-state index contributed by atoms with van der Waals surface area (Å²) < 4.78 is 41.9. The number of hydrogen-bond donors (Lipinski definition) is 1. The van der Waals surface area contributed by atoms with E-state index in [4.69, 9.17) is 11.6 Å². The van der Waals surface area contributed by atoms with Gasteiger partial charge in [-0.05, 0) is 17.5 Å². The fourth-order valence-corrected chi connectivity index (χ4v) is 3.65. The van der Waals surface area contributed by atoms with Gasteiger partial charge in [-0.2, -0.15) is 18.3 Å². The molecule has 0 aliphatic heterocycles. The summed E-state index contributed by atoms with van der Waals surface area (Å²) in [5.74, 6) is -0.678. The number of benzene rings is 1. The van der Waals surface area contributed by atoms with Crippen molar-refractivity contribution in [3.63, 3.8) is 0 Å². The molecule has 0 aliphatic carbocycles. The largest absolute Gasteiger partial charge is 0.420 e. The summed E-state index contributed by atoms with van der Waals surface area (Å²) in [4.78, 5) is 17.2. The van der Waals surface area contributed by atoms with Crippen LogP contribution in [0.5, 0.6) is 0 Å². The molecule has 4 aromatic rings. The van der Waals surface area contributed by atoms with Crippen molar-refractivity contribution in [2.45, 2.75) is 12.7 Å². The van der Waals surface area contributed by atoms with Crippen molar-refractivity contribution in [3.05, 3.63) is 75.2 Å². The molecule has 0 fully saturated rings. The zero-order valence-electron chi connectivity index (χ0n) is 14.6. The Labute approximate surface area is 171 Å². The molecule has 1 aromatic carbocycles. The first-order valence-electron chi connectivity index (χ1n) is 8.37. The predicted octanol–water partition coefficient (Wildman–Crippen LogP) is 5.06. The van der Waals surface area contributed by atoms with Crippen molar-refractivity contribution in [2.75, 3.05) is 0 Å². The summed E-state index contributed by atoms with van der Waals surface area (Å²) in [6.07, 6.45) is -4.70. The molecule has 0 spiro atoms. The van der Waals surface area contributed by atoms with E-state index < -0.39 is 23.3 Å². The summed E-state index contributed by atoms with van der Waals surface area (Å²) in [5, 5.41) is 8.35. The average molecular weight is 437 g/mol. The van der Waals surface area contributed by atoms with Gasteiger partial charge in [-0.1, -0.05) is 48.0 Å². The van der Waals surface area contributed by atoms with Gasteiger partial charge in [-0.25, -0.2) is 9.50 Å². The number of imidazole rings is 1. The molecule has 0 unspecified atom stereocenters. The minimum atomic E-state index is -4.70. The average Bonchev–Trinajstić information content (AvgIpc) is 3.33. The SMILES string of the molecule is O=C(NCc1cccs1)c1nc2c(C(F)(F)F)cc(-c3ccccc3)nn2c1Cl. The lowest BCUT2D eigenvalue weighted by molar-refractivity contribution is -0.136. The molecule has 1 N–H and O–H groups in total. The molecule has 4 rings (SSSR count). The minimum Gasteiger partial charge on any atom is -0.346 e. The van der Waals surface area contributed by atoms with Crippen molar-refractivity contribution in [2.24, 2.45) is 0 Å². The van der Waals surface area contributed by atoms with Crippen LogP contribution in [0.15, 0.2) is 53.9 Å². The number of aromatic nitrogens is 3. The number of fused-ring (bicyclic) bond motifs is 1. The van der Waals surface area contributed by atoms with Crippen molar-refractivity contribution in [1.29, 1.82) is 0 Å². The fraction of sp³-hybridized carbons (Fsp3) is 0.105. The first-order valence-corrected chi connectivity index (χ1v) is 9.63. The summed E-state index contributed by atoms with van der Waals surface area (Å²) in [6, 6.07) is 12.9. The Hall–Kier alpha value is -2.91. The smallest absolute Gasteiger partial charge is 0.346 e. The molecular weight excluding hydrogens is 425 g/mol. The van der Waals surface area contributed by atoms with Gasteiger partial charge in [0.25, 0.3) is 5.91 Å². The number of alkyl halides is 3. The highest BCUT2D eigenvalue weighted by Gasteiger charge is 2.36. The Balaban J connectivity index is 1.80. The molecule has 3 aromatic heterocycles. The molecule has 0 aliphatic rings. The number of carbonyl (C=O) groups excluding carboxylic acids is 1. The lowest BCUT2D eigenvalue weighted by Gasteiger charge is -2.10. The van der Waals surface area contributed by atoms with E-state index in [2.05, 4.69) is 15.4 Å². The fourth-order valence-electron chi connectivity index (χ4n) is 2.76. The van der Waals surface area contributed by atoms with Crippen LogP contribution in [0.2, 0.25) is 5.15 Å². The highest BCUT2D eigenvalue weighted by molar-refractivity contribution is 7.09. The summed E-state index contributed by atoms with van der Waals surface area (Å²) >= 11 is 7.65. The number of nitrogens with zero attached hydrogens (tertiary/aromatic N) is 3. The van der Waals surface area contributed by atoms with E-state index in [0.29, 0.717) is 5.56 Å². The molecule has 148 valence electrons. The molecular formula is C19H12ClF3N4OS. The zero-order chi connectivity index (χ0) is 20.6. The van der Waals surface area contributed by atoms with E-state index in [-0.39, 0.29) is 23.1 Å². The van der Waals surface area contributed by atoms with E-state index in [1.165, 1.54) is 11.3 Å².